The van der Waals surface area contributed by atoms with Crippen LogP contribution in [-0.4, -0.2) is 22.6 Å². The van der Waals surface area contributed by atoms with Gasteiger partial charge < -0.3 is 13.7 Å². The molecule has 2 aromatic carbocycles. The Morgan fingerprint density at radius 3 is 2.19 bits per heavy atom. The standard InChI is InChI=1S/C14H13ClO5S/c1-18-10-4-3-5-12(8-10)20-21(16,17)14-9-11(19-2)6-7-13(14)15/h3-9H,1-2H3. The zero-order valence-corrected chi connectivity index (χ0v) is 12.9. The number of methoxy groups -OCH3 is 2. The van der Waals surface area contributed by atoms with Crippen molar-refractivity contribution in [3.8, 4) is 17.2 Å². The molecule has 0 N–H and O–H groups in total. The number of hydrogen-bond donors (Lipinski definition) is 0. The Balaban J connectivity index is 2.38. The molecule has 5 nitrogen and oxygen atoms in total. The molecule has 0 spiro atoms. The van der Waals surface area contributed by atoms with Gasteiger partial charge in [0.2, 0.25) is 0 Å². The fraction of sp³-hybridized carbons (Fsp3) is 0.143. The van der Waals surface area contributed by atoms with Gasteiger partial charge in [-0.1, -0.05) is 17.7 Å². The minimum absolute atomic E-state index is 0.0543. The molecule has 0 saturated carbocycles. The summed E-state index contributed by atoms with van der Waals surface area (Å²) in [7, 11) is -1.16. The lowest BCUT2D eigenvalue weighted by atomic mass is 10.3. The van der Waals surface area contributed by atoms with E-state index in [0.29, 0.717) is 11.5 Å². The van der Waals surface area contributed by atoms with Crippen molar-refractivity contribution in [3.63, 3.8) is 0 Å². The quantitative estimate of drug-likeness (QED) is 0.789. The molecule has 7 heteroatoms. The Hall–Kier alpha value is -1.92. The van der Waals surface area contributed by atoms with Crippen LogP contribution in [0.5, 0.6) is 17.2 Å². The molecule has 2 rings (SSSR count). The maximum absolute atomic E-state index is 12.3. The highest BCUT2D eigenvalue weighted by molar-refractivity contribution is 7.87. The van der Waals surface area contributed by atoms with Gasteiger partial charge in [0.15, 0.2) is 0 Å². The van der Waals surface area contributed by atoms with Gasteiger partial charge in [0.05, 0.1) is 19.2 Å². The number of rotatable bonds is 5. The van der Waals surface area contributed by atoms with Crippen molar-refractivity contribution in [1.82, 2.24) is 0 Å². The lowest BCUT2D eigenvalue weighted by molar-refractivity contribution is 0.410. The van der Waals surface area contributed by atoms with E-state index in [9.17, 15) is 8.42 Å². The summed E-state index contributed by atoms with van der Waals surface area (Å²) in [6.07, 6.45) is 0. The van der Waals surface area contributed by atoms with Crippen LogP contribution < -0.4 is 13.7 Å². The maximum Gasteiger partial charge on any atom is 0.340 e. The summed E-state index contributed by atoms with van der Waals surface area (Å²) in [4.78, 5) is -0.161. The minimum Gasteiger partial charge on any atom is -0.497 e. The largest absolute Gasteiger partial charge is 0.497 e. The van der Waals surface area contributed by atoms with Gasteiger partial charge >= 0.3 is 10.1 Å². The number of halogens is 1. The molecule has 0 bridgehead atoms. The van der Waals surface area contributed by atoms with Crippen LogP contribution in [0.2, 0.25) is 5.02 Å². The van der Waals surface area contributed by atoms with E-state index >= 15 is 0 Å². The number of hydrogen-bond acceptors (Lipinski definition) is 5. The molecule has 2 aromatic rings. The normalized spacial score (nSPS) is 11.0. The molecule has 0 heterocycles. The fourth-order valence-corrected chi connectivity index (χ4v) is 3.04. The van der Waals surface area contributed by atoms with E-state index in [1.165, 1.54) is 38.5 Å². The smallest absolute Gasteiger partial charge is 0.340 e. The first-order valence-electron chi connectivity index (χ1n) is 5.88. The molecule has 0 aliphatic carbocycles. The summed E-state index contributed by atoms with van der Waals surface area (Å²) in [5, 5.41) is 0.0543. The summed E-state index contributed by atoms with van der Waals surface area (Å²) < 4.78 is 39.6. The number of ether oxygens (including phenoxy) is 2. The Bertz CT molecular complexity index is 743. The van der Waals surface area contributed by atoms with Gasteiger partial charge in [-0.25, -0.2) is 0 Å². The highest BCUT2D eigenvalue weighted by Gasteiger charge is 2.21. The molecule has 0 radical (unpaired) electrons. The summed E-state index contributed by atoms with van der Waals surface area (Å²) in [6.45, 7) is 0. The Morgan fingerprint density at radius 1 is 0.905 bits per heavy atom. The van der Waals surface area contributed by atoms with E-state index in [4.69, 9.17) is 25.3 Å². The van der Waals surface area contributed by atoms with Gasteiger partial charge in [0.1, 0.15) is 22.1 Å². The second-order valence-corrected chi connectivity index (χ2v) is 5.93. The maximum atomic E-state index is 12.3. The highest BCUT2D eigenvalue weighted by atomic mass is 35.5. The van der Waals surface area contributed by atoms with Crippen LogP contribution in [0.25, 0.3) is 0 Å². The first-order valence-corrected chi connectivity index (χ1v) is 7.67. The Kier molecular flexibility index (Phi) is 4.59. The van der Waals surface area contributed by atoms with Crippen LogP contribution in [0.1, 0.15) is 0 Å². The van der Waals surface area contributed by atoms with Gasteiger partial charge in [0, 0.05) is 12.1 Å². The van der Waals surface area contributed by atoms with Gasteiger partial charge in [-0.05, 0) is 24.3 Å². The number of benzene rings is 2. The van der Waals surface area contributed by atoms with Crippen LogP contribution in [0, 0.1) is 0 Å². The molecule has 112 valence electrons. The summed E-state index contributed by atoms with van der Waals surface area (Å²) >= 11 is 5.92. The predicted octanol–water partition coefficient (Wildman–Crippen LogP) is 3.12. The predicted molar refractivity (Wildman–Crippen MR) is 78.8 cm³/mol. The van der Waals surface area contributed by atoms with E-state index in [1.807, 2.05) is 0 Å². The molecular weight excluding hydrogens is 316 g/mol. The monoisotopic (exact) mass is 328 g/mol. The van der Waals surface area contributed by atoms with Gasteiger partial charge in [-0.15, -0.1) is 0 Å². The third-order valence-electron chi connectivity index (χ3n) is 2.65. The van der Waals surface area contributed by atoms with Crippen molar-refractivity contribution in [2.24, 2.45) is 0 Å². The third kappa shape index (κ3) is 3.59. The van der Waals surface area contributed by atoms with Crippen molar-refractivity contribution in [2.75, 3.05) is 14.2 Å². The highest BCUT2D eigenvalue weighted by Crippen LogP contribution is 2.29. The van der Waals surface area contributed by atoms with Crippen molar-refractivity contribution >= 4 is 21.7 Å². The summed E-state index contributed by atoms with van der Waals surface area (Å²) in [6, 6.07) is 10.6. The van der Waals surface area contributed by atoms with Crippen LogP contribution >= 0.6 is 11.6 Å². The van der Waals surface area contributed by atoms with E-state index in [2.05, 4.69) is 0 Å². The fourth-order valence-electron chi connectivity index (χ4n) is 1.63. The molecule has 0 aromatic heterocycles. The van der Waals surface area contributed by atoms with Gasteiger partial charge in [0.25, 0.3) is 0 Å². The molecule has 0 saturated heterocycles. The molecule has 0 aliphatic heterocycles. The first-order chi connectivity index (χ1) is 9.96. The second kappa shape index (κ2) is 6.24. The van der Waals surface area contributed by atoms with E-state index < -0.39 is 10.1 Å². The molecule has 21 heavy (non-hydrogen) atoms. The third-order valence-corrected chi connectivity index (χ3v) is 4.38. The van der Waals surface area contributed by atoms with Crippen molar-refractivity contribution in [1.29, 1.82) is 0 Å². The van der Waals surface area contributed by atoms with Crippen LogP contribution in [-0.2, 0) is 10.1 Å². The van der Waals surface area contributed by atoms with E-state index in [-0.39, 0.29) is 15.7 Å². The van der Waals surface area contributed by atoms with Crippen LogP contribution in [0.3, 0.4) is 0 Å². The minimum atomic E-state index is -4.07. The molecule has 0 fully saturated rings. The van der Waals surface area contributed by atoms with Gasteiger partial charge in [-0.3, -0.25) is 0 Å². The van der Waals surface area contributed by atoms with Crippen LogP contribution in [0.15, 0.2) is 47.4 Å². The Labute approximate surface area is 128 Å². The average molecular weight is 329 g/mol. The zero-order valence-electron chi connectivity index (χ0n) is 11.4. The SMILES string of the molecule is COc1cccc(OS(=O)(=O)c2cc(OC)ccc2Cl)c1. The van der Waals surface area contributed by atoms with Crippen molar-refractivity contribution in [2.45, 2.75) is 4.90 Å². The first kappa shape index (κ1) is 15.5. The van der Waals surface area contributed by atoms with E-state index in [1.54, 1.807) is 18.2 Å². The molecular formula is C14H13ClO5S. The molecule has 0 atom stereocenters. The molecule has 0 aliphatic rings. The summed E-state index contributed by atoms with van der Waals surface area (Å²) in [5.41, 5.74) is 0. The lowest BCUT2D eigenvalue weighted by Crippen LogP contribution is -2.10. The summed E-state index contributed by atoms with van der Waals surface area (Å²) in [5.74, 6) is 0.986. The van der Waals surface area contributed by atoms with Gasteiger partial charge in [-0.2, -0.15) is 8.42 Å². The zero-order chi connectivity index (χ0) is 15.5. The lowest BCUT2D eigenvalue weighted by Gasteiger charge is -2.10. The Morgan fingerprint density at radius 2 is 1.52 bits per heavy atom. The topological polar surface area (TPSA) is 61.8 Å². The second-order valence-electron chi connectivity index (χ2n) is 4.01. The molecule has 0 unspecified atom stereocenters. The van der Waals surface area contributed by atoms with Crippen molar-refractivity contribution < 1.29 is 22.1 Å². The molecule has 0 amide bonds. The van der Waals surface area contributed by atoms with E-state index in [0.717, 1.165) is 0 Å². The average Bonchev–Trinajstić information content (AvgIpc) is 2.47. The van der Waals surface area contributed by atoms with Crippen molar-refractivity contribution in [3.05, 3.63) is 47.5 Å². The van der Waals surface area contributed by atoms with Crippen LogP contribution in [0.4, 0.5) is 0 Å².